The molecular weight excluding hydrogens is 320 g/mol. The third-order valence-electron chi connectivity index (χ3n) is 3.84. The normalized spacial score (nSPS) is 23.8. The summed E-state index contributed by atoms with van der Waals surface area (Å²) in [6.07, 6.45) is 2.24. The zero-order valence-corrected chi connectivity index (χ0v) is 13.7. The smallest absolute Gasteiger partial charge is 0.133 e. The van der Waals surface area contributed by atoms with E-state index in [0.717, 1.165) is 41.8 Å². The number of hydrogen-bond acceptors (Lipinski definition) is 4. The number of methoxy groups -OCH3 is 1. The molecule has 0 aromatic heterocycles. The number of nitrogens with two attached hydrogens (primary N) is 1. The minimum Gasteiger partial charge on any atom is -0.496 e. The lowest BCUT2D eigenvalue weighted by atomic mass is 10.0. The summed E-state index contributed by atoms with van der Waals surface area (Å²) in [5, 5.41) is 3.52. The molecule has 0 amide bonds. The molecule has 3 N–H and O–H groups in total. The van der Waals surface area contributed by atoms with Gasteiger partial charge in [0.05, 0.1) is 17.2 Å². The van der Waals surface area contributed by atoms with Crippen LogP contribution < -0.4 is 15.8 Å². The van der Waals surface area contributed by atoms with Crippen molar-refractivity contribution in [3.63, 3.8) is 0 Å². The van der Waals surface area contributed by atoms with E-state index in [1.807, 2.05) is 12.1 Å². The van der Waals surface area contributed by atoms with Crippen LogP contribution in [0.15, 0.2) is 22.7 Å². The number of rotatable bonds is 6. The van der Waals surface area contributed by atoms with Crippen molar-refractivity contribution in [2.45, 2.75) is 31.4 Å². The monoisotopic (exact) mass is 342 g/mol. The van der Waals surface area contributed by atoms with Crippen LogP contribution >= 0.6 is 15.9 Å². The quantitative estimate of drug-likeness (QED) is 0.834. The second kappa shape index (κ2) is 6.89. The van der Waals surface area contributed by atoms with Gasteiger partial charge in [-0.05, 0) is 53.4 Å². The summed E-state index contributed by atoms with van der Waals surface area (Å²) >= 11 is 3.51. The topological polar surface area (TPSA) is 56.5 Å². The molecule has 0 aliphatic carbocycles. The SMILES string of the molecule is COc1ccc(C(CN)NCC2(C)CCCO2)cc1Br. The first-order valence-electron chi connectivity index (χ1n) is 6.99. The van der Waals surface area contributed by atoms with E-state index >= 15 is 0 Å². The van der Waals surface area contributed by atoms with Gasteiger partial charge in [-0.15, -0.1) is 0 Å². The minimum absolute atomic E-state index is 0.0584. The van der Waals surface area contributed by atoms with Gasteiger partial charge in [-0.1, -0.05) is 6.07 Å². The molecule has 0 bridgehead atoms. The molecular formula is C15H23BrN2O2. The van der Waals surface area contributed by atoms with Crippen molar-refractivity contribution in [3.05, 3.63) is 28.2 Å². The number of halogens is 1. The van der Waals surface area contributed by atoms with Crippen LogP contribution in [0.5, 0.6) is 5.75 Å². The van der Waals surface area contributed by atoms with E-state index in [2.05, 4.69) is 34.2 Å². The zero-order chi connectivity index (χ0) is 14.6. The lowest BCUT2D eigenvalue weighted by Gasteiger charge is -2.27. The second-order valence-corrected chi connectivity index (χ2v) is 6.32. The van der Waals surface area contributed by atoms with Crippen LogP contribution in [0.2, 0.25) is 0 Å². The van der Waals surface area contributed by atoms with Crippen molar-refractivity contribution in [1.82, 2.24) is 5.32 Å². The van der Waals surface area contributed by atoms with E-state index in [0.29, 0.717) is 6.54 Å². The highest BCUT2D eigenvalue weighted by molar-refractivity contribution is 9.10. The van der Waals surface area contributed by atoms with Gasteiger partial charge >= 0.3 is 0 Å². The molecule has 1 fully saturated rings. The summed E-state index contributed by atoms with van der Waals surface area (Å²) in [6.45, 7) is 4.39. The van der Waals surface area contributed by atoms with Gasteiger partial charge in [0.1, 0.15) is 5.75 Å². The molecule has 1 aliphatic rings. The molecule has 5 heteroatoms. The summed E-state index contributed by atoms with van der Waals surface area (Å²) in [6, 6.07) is 6.18. The standard InChI is InChI=1S/C15H23BrN2O2/c1-15(6-3-7-20-15)10-18-13(9-17)11-4-5-14(19-2)12(16)8-11/h4-5,8,13,18H,3,6-7,9-10,17H2,1-2H3. The van der Waals surface area contributed by atoms with E-state index in [1.54, 1.807) is 7.11 Å². The fraction of sp³-hybridized carbons (Fsp3) is 0.600. The van der Waals surface area contributed by atoms with Gasteiger partial charge in [0.25, 0.3) is 0 Å². The van der Waals surface area contributed by atoms with Crippen molar-refractivity contribution < 1.29 is 9.47 Å². The predicted octanol–water partition coefficient (Wildman–Crippen LogP) is 2.62. The van der Waals surface area contributed by atoms with Crippen molar-refractivity contribution in [1.29, 1.82) is 0 Å². The maximum atomic E-state index is 5.90. The van der Waals surface area contributed by atoms with Crippen LogP contribution in [0.4, 0.5) is 0 Å². The first-order chi connectivity index (χ1) is 9.58. The van der Waals surface area contributed by atoms with E-state index in [1.165, 1.54) is 0 Å². The molecule has 1 heterocycles. The van der Waals surface area contributed by atoms with Crippen LogP contribution in [-0.4, -0.2) is 32.4 Å². The molecule has 4 nitrogen and oxygen atoms in total. The molecule has 1 aromatic carbocycles. The summed E-state index contributed by atoms with van der Waals surface area (Å²) in [5.41, 5.74) is 7.00. The average molecular weight is 343 g/mol. The fourth-order valence-corrected chi connectivity index (χ4v) is 3.11. The molecule has 1 aliphatic heterocycles. The Hall–Kier alpha value is -0.620. The summed E-state index contributed by atoms with van der Waals surface area (Å²) in [7, 11) is 1.66. The summed E-state index contributed by atoms with van der Waals surface area (Å²) in [4.78, 5) is 0. The highest BCUT2D eigenvalue weighted by atomic mass is 79.9. The van der Waals surface area contributed by atoms with Gasteiger partial charge in [-0.2, -0.15) is 0 Å². The van der Waals surface area contributed by atoms with Crippen molar-refractivity contribution in [3.8, 4) is 5.75 Å². The van der Waals surface area contributed by atoms with E-state index in [9.17, 15) is 0 Å². The largest absolute Gasteiger partial charge is 0.496 e. The number of hydrogen-bond donors (Lipinski definition) is 2. The molecule has 2 rings (SSSR count). The first kappa shape index (κ1) is 15.8. The van der Waals surface area contributed by atoms with Crippen molar-refractivity contribution >= 4 is 15.9 Å². The van der Waals surface area contributed by atoms with Gasteiger partial charge in [-0.25, -0.2) is 0 Å². The molecule has 20 heavy (non-hydrogen) atoms. The lowest BCUT2D eigenvalue weighted by Crippen LogP contribution is -2.41. The molecule has 0 radical (unpaired) electrons. The fourth-order valence-electron chi connectivity index (χ4n) is 2.55. The molecule has 2 unspecified atom stereocenters. The third-order valence-corrected chi connectivity index (χ3v) is 4.46. The van der Waals surface area contributed by atoms with Crippen molar-refractivity contribution in [2.75, 3.05) is 26.8 Å². The zero-order valence-electron chi connectivity index (χ0n) is 12.1. The third kappa shape index (κ3) is 3.73. The van der Waals surface area contributed by atoms with Crippen LogP contribution in [0.1, 0.15) is 31.4 Å². The molecule has 1 saturated heterocycles. The van der Waals surface area contributed by atoms with Crippen LogP contribution in [0, 0.1) is 0 Å². The number of benzene rings is 1. The Kier molecular flexibility index (Phi) is 5.43. The van der Waals surface area contributed by atoms with Gasteiger partial charge < -0.3 is 20.5 Å². The van der Waals surface area contributed by atoms with Crippen LogP contribution in [0.25, 0.3) is 0 Å². The van der Waals surface area contributed by atoms with Gasteiger partial charge in [0, 0.05) is 25.7 Å². The lowest BCUT2D eigenvalue weighted by molar-refractivity contribution is 0.0189. The highest BCUT2D eigenvalue weighted by Gasteiger charge is 2.30. The van der Waals surface area contributed by atoms with Crippen LogP contribution in [-0.2, 0) is 4.74 Å². The minimum atomic E-state index is -0.0584. The van der Waals surface area contributed by atoms with Gasteiger partial charge in [-0.3, -0.25) is 0 Å². The molecule has 112 valence electrons. The molecule has 0 saturated carbocycles. The Morgan fingerprint density at radius 3 is 2.90 bits per heavy atom. The summed E-state index contributed by atoms with van der Waals surface area (Å²) in [5.74, 6) is 0.829. The summed E-state index contributed by atoms with van der Waals surface area (Å²) < 4.78 is 12.0. The Morgan fingerprint density at radius 2 is 2.35 bits per heavy atom. The number of ether oxygens (including phenoxy) is 2. The number of nitrogens with one attached hydrogen (secondary N) is 1. The first-order valence-corrected chi connectivity index (χ1v) is 7.78. The Balaban J connectivity index is 2.02. The van der Waals surface area contributed by atoms with Gasteiger partial charge in [0.2, 0.25) is 0 Å². The predicted molar refractivity (Wildman–Crippen MR) is 84.1 cm³/mol. The maximum Gasteiger partial charge on any atom is 0.133 e. The molecule has 1 aromatic rings. The van der Waals surface area contributed by atoms with Gasteiger partial charge in [0.15, 0.2) is 0 Å². The Labute approximate surface area is 129 Å². The van der Waals surface area contributed by atoms with E-state index in [-0.39, 0.29) is 11.6 Å². The Bertz CT molecular complexity index is 447. The van der Waals surface area contributed by atoms with Crippen molar-refractivity contribution in [2.24, 2.45) is 5.73 Å². The van der Waals surface area contributed by atoms with E-state index in [4.69, 9.17) is 15.2 Å². The maximum absolute atomic E-state index is 5.90. The van der Waals surface area contributed by atoms with Crippen LogP contribution in [0.3, 0.4) is 0 Å². The Morgan fingerprint density at radius 1 is 1.55 bits per heavy atom. The highest BCUT2D eigenvalue weighted by Crippen LogP contribution is 2.29. The molecule has 2 atom stereocenters. The second-order valence-electron chi connectivity index (χ2n) is 5.47. The molecule has 0 spiro atoms. The van der Waals surface area contributed by atoms with E-state index < -0.39 is 0 Å². The average Bonchev–Trinajstić information content (AvgIpc) is 2.87.